The number of hydrogen-bond acceptors (Lipinski definition) is 0. The van der Waals surface area contributed by atoms with Crippen molar-refractivity contribution >= 4 is 21.5 Å². The molecule has 0 bridgehead atoms. The molecule has 0 radical (unpaired) electrons. The van der Waals surface area contributed by atoms with Crippen molar-refractivity contribution in [1.82, 2.24) is 0 Å². The zero-order valence-electron chi connectivity index (χ0n) is 14.9. The van der Waals surface area contributed by atoms with Gasteiger partial charge in [-0.3, -0.25) is 0 Å². The Hall–Kier alpha value is -2.60. The van der Waals surface area contributed by atoms with Crippen molar-refractivity contribution in [3.8, 4) is 0 Å². The first-order valence-electron chi connectivity index (χ1n) is 8.48. The van der Waals surface area contributed by atoms with Gasteiger partial charge in [0, 0.05) is 0 Å². The molecule has 0 heteroatoms. The van der Waals surface area contributed by atoms with Crippen LogP contribution in [0.1, 0.15) is 22.3 Å². The summed E-state index contributed by atoms with van der Waals surface area (Å²) in [5.41, 5.74) is 5.53. The van der Waals surface area contributed by atoms with E-state index in [4.69, 9.17) is 0 Å². The van der Waals surface area contributed by atoms with Gasteiger partial charge in [0.1, 0.15) is 0 Å². The van der Waals surface area contributed by atoms with Crippen LogP contribution in [0.5, 0.6) is 0 Å². The number of aryl methyl sites for hydroxylation is 4. The highest BCUT2D eigenvalue weighted by Gasteiger charge is 1.98. The second-order valence-electron chi connectivity index (χ2n) is 6.46. The van der Waals surface area contributed by atoms with E-state index in [0.717, 1.165) is 0 Å². The molecule has 0 unspecified atom stereocenters. The molecule has 24 heavy (non-hydrogen) atoms. The van der Waals surface area contributed by atoms with E-state index in [2.05, 4.69) is 100 Å². The summed E-state index contributed by atoms with van der Waals surface area (Å²) in [6.07, 6.45) is 0. The monoisotopic (exact) mass is 312 g/mol. The molecule has 0 saturated carbocycles. The Kier molecular flexibility index (Phi) is 4.66. The van der Waals surface area contributed by atoms with Crippen molar-refractivity contribution in [2.24, 2.45) is 0 Å². The van der Waals surface area contributed by atoms with Crippen LogP contribution in [0.4, 0.5) is 0 Å². The Morgan fingerprint density at radius 2 is 0.792 bits per heavy atom. The van der Waals surface area contributed by atoms with Crippen molar-refractivity contribution in [3.63, 3.8) is 0 Å². The molecule has 4 rings (SSSR count). The third-order valence-corrected chi connectivity index (χ3v) is 4.94. The fourth-order valence-corrected chi connectivity index (χ4v) is 3.07. The number of fused-ring (bicyclic) bond motifs is 2. The van der Waals surface area contributed by atoms with Crippen molar-refractivity contribution in [3.05, 3.63) is 95.1 Å². The van der Waals surface area contributed by atoms with Gasteiger partial charge in [-0.25, -0.2) is 0 Å². The minimum Gasteiger partial charge on any atom is -0.0616 e. The molecule has 0 spiro atoms. The summed E-state index contributed by atoms with van der Waals surface area (Å²) in [7, 11) is 0. The van der Waals surface area contributed by atoms with Gasteiger partial charge in [0.05, 0.1) is 0 Å². The molecule has 0 N–H and O–H groups in total. The lowest BCUT2D eigenvalue weighted by Crippen LogP contribution is -1.82. The zero-order chi connectivity index (χ0) is 17.1. The average molecular weight is 312 g/mol. The van der Waals surface area contributed by atoms with E-state index in [1.165, 1.54) is 43.8 Å². The lowest BCUT2D eigenvalue weighted by atomic mass is 10.0. The number of hydrogen-bond donors (Lipinski definition) is 0. The average Bonchev–Trinajstić information content (AvgIpc) is 2.62. The largest absolute Gasteiger partial charge is 0.0616 e. The second-order valence-corrected chi connectivity index (χ2v) is 6.46. The van der Waals surface area contributed by atoms with Crippen LogP contribution in [0.15, 0.2) is 72.8 Å². The Labute approximate surface area is 144 Å². The fraction of sp³-hybridized carbons (Fsp3) is 0.167. The molecular weight excluding hydrogens is 288 g/mol. The third kappa shape index (κ3) is 3.19. The molecule has 0 aliphatic carbocycles. The van der Waals surface area contributed by atoms with Crippen LogP contribution in [-0.4, -0.2) is 0 Å². The molecule has 0 aliphatic rings. The predicted octanol–water partition coefficient (Wildman–Crippen LogP) is 6.91. The lowest BCUT2D eigenvalue weighted by Gasteiger charge is -2.04. The van der Waals surface area contributed by atoms with Crippen LogP contribution in [0, 0.1) is 27.7 Å². The van der Waals surface area contributed by atoms with Gasteiger partial charge in [-0.2, -0.15) is 0 Å². The Balaban J connectivity index is 0.000000141. The molecule has 0 amide bonds. The molecule has 0 aromatic heterocycles. The van der Waals surface area contributed by atoms with E-state index in [0.29, 0.717) is 0 Å². The van der Waals surface area contributed by atoms with E-state index in [-0.39, 0.29) is 0 Å². The van der Waals surface area contributed by atoms with Gasteiger partial charge in [-0.05, 0) is 71.5 Å². The van der Waals surface area contributed by atoms with E-state index in [1.54, 1.807) is 0 Å². The quantitative estimate of drug-likeness (QED) is 0.331. The topological polar surface area (TPSA) is 0 Å². The first-order chi connectivity index (χ1) is 11.6. The molecule has 0 fully saturated rings. The van der Waals surface area contributed by atoms with E-state index in [9.17, 15) is 0 Å². The van der Waals surface area contributed by atoms with Gasteiger partial charge >= 0.3 is 0 Å². The van der Waals surface area contributed by atoms with Gasteiger partial charge in [-0.15, -0.1) is 0 Å². The standard InChI is InChI=1S/2C12H12/c2*1-9-7-8-11-5-3-4-6-12(11)10(9)2/h2*3-8H,1-2H3. The third-order valence-electron chi connectivity index (χ3n) is 4.94. The van der Waals surface area contributed by atoms with Crippen LogP contribution >= 0.6 is 0 Å². The summed E-state index contributed by atoms with van der Waals surface area (Å²) in [6, 6.07) is 25.7. The maximum absolute atomic E-state index is 2.18. The fourth-order valence-electron chi connectivity index (χ4n) is 3.07. The summed E-state index contributed by atoms with van der Waals surface area (Å²) in [5.74, 6) is 0. The zero-order valence-corrected chi connectivity index (χ0v) is 14.9. The van der Waals surface area contributed by atoms with Crippen molar-refractivity contribution in [1.29, 1.82) is 0 Å². The summed E-state index contributed by atoms with van der Waals surface area (Å²) < 4.78 is 0. The first kappa shape index (κ1) is 16.3. The molecular formula is C24H24. The molecule has 0 heterocycles. The minimum absolute atomic E-state index is 1.33. The Bertz CT molecular complexity index is 910. The van der Waals surface area contributed by atoms with Crippen molar-refractivity contribution < 1.29 is 0 Å². The molecule has 120 valence electrons. The highest BCUT2D eigenvalue weighted by Crippen LogP contribution is 2.21. The summed E-state index contributed by atoms with van der Waals surface area (Å²) >= 11 is 0. The number of benzene rings is 4. The SMILES string of the molecule is Cc1ccc2ccccc2c1C.Cc1ccc2ccccc2c1C. The molecule has 4 aromatic carbocycles. The summed E-state index contributed by atoms with van der Waals surface area (Å²) in [5, 5.41) is 5.41. The van der Waals surface area contributed by atoms with Crippen LogP contribution in [0.2, 0.25) is 0 Å². The van der Waals surface area contributed by atoms with E-state index < -0.39 is 0 Å². The summed E-state index contributed by atoms with van der Waals surface area (Å²) in [4.78, 5) is 0. The maximum Gasteiger partial charge on any atom is -0.0152 e. The van der Waals surface area contributed by atoms with Crippen molar-refractivity contribution in [2.75, 3.05) is 0 Å². The second kappa shape index (κ2) is 6.88. The Morgan fingerprint density at radius 3 is 1.21 bits per heavy atom. The van der Waals surface area contributed by atoms with Gasteiger partial charge in [0.15, 0.2) is 0 Å². The van der Waals surface area contributed by atoms with E-state index >= 15 is 0 Å². The molecule has 4 aromatic rings. The maximum atomic E-state index is 2.18. The first-order valence-corrected chi connectivity index (χ1v) is 8.48. The van der Waals surface area contributed by atoms with Crippen LogP contribution in [0.3, 0.4) is 0 Å². The van der Waals surface area contributed by atoms with Gasteiger partial charge in [-0.1, -0.05) is 72.8 Å². The highest BCUT2D eigenvalue weighted by molar-refractivity contribution is 5.87. The van der Waals surface area contributed by atoms with E-state index in [1.807, 2.05) is 0 Å². The van der Waals surface area contributed by atoms with Gasteiger partial charge in [0.25, 0.3) is 0 Å². The molecule has 0 aliphatic heterocycles. The molecule has 0 atom stereocenters. The van der Waals surface area contributed by atoms with Crippen molar-refractivity contribution in [2.45, 2.75) is 27.7 Å². The van der Waals surface area contributed by atoms with Crippen LogP contribution < -0.4 is 0 Å². The minimum atomic E-state index is 1.33. The lowest BCUT2D eigenvalue weighted by molar-refractivity contribution is 1.38. The van der Waals surface area contributed by atoms with Crippen LogP contribution in [-0.2, 0) is 0 Å². The van der Waals surface area contributed by atoms with Gasteiger partial charge in [0.2, 0.25) is 0 Å². The Morgan fingerprint density at radius 1 is 0.417 bits per heavy atom. The highest BCUT2D eigenvalue weighted by atomic mass is 14.0. The predicted molar refractivity (Wildman–Crippen MR) is 107 cm³/mol. The smallest absolute Gasteiger partial charge is 0.0152 e. The summed E-state index contributed by atoms with van der Waals surface area (Å²) in [6.45, 7) is 8.67. The number of rotatable bonds is 0. The van der Waals surface area contributed by atoms with Crippen LogP contribution in [0.25, 0.3) is 21.5 Å². The molecule has 0 nitrogen and oxygen atoms in total. The molecule has 0 saturated heterocycles. The van der Waals surface area contributed by atoms with Gasteiger partial charge < -0.3 is 0 Å². The normalized spacial score (nSPS) is 10.5.